The number of hydrogen-bond acceptors (Lipinski definition) is 6. The molecule has 0 saturated carbocycles. The third kappa shape index (κ3) is 4.14. The van der Waals surface area contributed by atoms with Crippen molar-refractivity contribution < 1.29 is 23.9 Å². The molecule has 3 aromatic rings. The lowest BCUT2D eigenvalue weighted by Crippen LogP contribution is -2.34. The molecule has 0 bridgehead atoms. The number of para-hydroxylation sites is 2. The van der Waals surface area contributed by atoms with E-state index in [0.717, 1.165) is 16.8 Å². The van der Waals surface area contributed by atoms with E-state index in [0.29, 0.717) is 42.1 Å². The highest BCUT2D eigenvalue weighted by molar-refractivity contribution is 6.22. The zero-order chi connectivity index (χ0) is 26.2. The molecular weight excluding hydrogens is 480 g/mol. The summed E-state index contributed by atoms with van der Waals surface area (Å²) in [4.78, 5) is 41.3. The number of amides is 2. The molecule has 3 atom stereocenters. The van der Waals surface area contributed by atoms with Gasteiger partial charge in [0.15, 0.2) is 0 Å². The lowest BCUT2D eigenvalue weighted by Gasteiger charge is -2.30. The molecule has 2 heterocycles. The van der Waals surface area contributed by atoms with Crippen LogP contribution in [0.1, 0.15) is 29.3 Å². The van der Waals surface area contributed by atoms with Crippen molar-refractivity contribution in [1.29, 1.82) is 0 Å². The Hall–Kier alpha value is -4.39. The van der Waals surface area contributed by atoms with Crippen molar-refractivity contribution in [3.63, 3.8) is 0 Å². The molecule has 192 valence electrons. The maximum Gasteiger partial charge on any atom is 0.338 e. The van der Waals surface area contributed by atoms with E-state index in [1.165, 1.54) is 4.90 Å². The number of hydrogen-bond donors (Lipinski definition) is 1. The number of allylic oxidation sites excluding steroid dienone is 1. The molecule has 2 amide bonds. The standard InChI is InChI=1S/C31H28N2O5/c1-2-37-31(36)21-15-20-16-25-19(18-38-28(20)26(17-21)32-22-9-5-3-6-10-22)13-14-24-27(25)30(35)33(29(24)34)23-11-7-4-8-12-23/h3-13,15,17,24-25,27,32H,2,14,16,18H2,1H3/t24-,25-,27-/m1/s1. The number of fused-ring (bicyclic) bond motifs is 4. The first-order valence-corrected chi connectivity index (χ1v) is 13.0. The number of imide groups is 1. The second-order valence-electron chi connectivity index (χ2n) is 9.82. The van der Waals surface area contributed by atoms with E-state index in [2.05, 4.69) is 11.4 Å². The Morgan fingerprint density at radius 1 is 1.00 bits per heavy atom. The smallest absolute Gasteiger partial charge is 0.338 e. The van der Waals surface area contributed by atoms with E-state index in [-0.39, 0.29) is 24.3 Å². The molecule has 1 saturated heterocycles. The van der Waals surface area contributed by atoms with Crippen molar-refractivity contribution in [2.24, 2.45) is 17.8 Å². The summed E-state index contributed by atoms with van der Waals surface area (Å²) in [6.07, 6.45) is 3.04. The van der Waals surface area contributed by atoms with Gasteiger partial charge >= 0.3 is 5.97 Å². The Balaban J connectivity index is 1.39. The predicted molar refractivity (Wildman–Crippen MR) is 143 cm³/mol. The van der Waals surface area contributed by atoms with Gasteiger partial charge in [0.2, 0.25) is 11.8 Å². The highest BCUT2D eigenvalue weighted by atomic mass is 16.5. The fourth-order valence-electron chi connectivity index (χ4n) is 5.87. The molecule has 1 aliphatic carbocycles. The van der Waals surface area contributed by atoms with Gasteiger partial charge in [-0.15, -0.1) is 0 Å². The SMILES string of the molecule is CCOC(=O)c1cc2c(c(Nc3ccccc3)c1)OCC1=CC[C@H]3C(=O)N(c4ccccc4)C(=O)[C@H]3[C@@H]1C2. The normalized spacial score (nSPS) is 21.9. The van der Waals surface area contributed by atoms with Crippen molar-refractivity contribution in [2.45, 2.75) is 19.8 Å². The molecule has 0 aromatic heterocycles. The van der Waals surface area contributed by atoms with Crippen molar-refractivity contribution in [1.82, 2.24) is 0 Å². The van der Waals surface area contributed by atoms with E-state index < -0.39 is 17.8 Å². The van der Waals surface area contributed by atoms with Gasteiger partial charge in [0, 0.05) is 5.69 Å². The predicted octanol–water partition coefficient (Wildman–Crippen LogP) is 5.29. The van der Waals surface area contributed by atoms with Crippen LogP contribution in [0.4, 0.5) is 17.1 Å². The second-order valence-corrected chi connectivity index (χ2v) is 9.82. The van der Waals surface area contributed by atoms with Crippen molar-refractivity contribution in [2.75, 3.05) is 23.4 Å². The Bertz CT molecular complexity index is 1430. The summed E-state index contributed by atoms with van der Waals surface area (Å²) in [5.41, 5.74) is 4.35. The highest BCUT2D eigenvalue weighted by Gasteiger charge is 2.53. The number of nitrogens with one attached hydrogen (secondary N) is 1. The van der Waals surface area contributed by atoms with E-state index in [9.17, 15) is 14.4 Å². The van der Waals surface area contributed by atoms with Crippen molar-refractivity contribution in [3.05, 3.63) is 95.6 Å². The molecule has 3 aliphatic rings. The van der Waals surface area contributed by atoms with E-state index in [1.54, 1.807) is 31.2 Å². The minimum absolute atomic E-state index is 0.154. The van der Waals surface area contributed by atoms with Crippen LogP contribution in [0.3, 0.4) is 0 Å². The first-order chi connectivity index (χ1) is 18.5. The number of benzene rings is 3. The van der Waals surface area contributed by atoms with Crippen LogP contribution in [-0.2, 0) is 20.7 Å². The van der Waals surface area contributed by atoms with Gasteiger partial charge in [-0.1, -0.05) is 42.5 Å². The van der Waals surface area contributed by atoms with Crippen molar-refractivity contribution in [3.8, 4) is 5.75 Å². The molecule has 2 aliphatic heterocycles. The van der Waals surface area contributed by atoms with E-state index in [1.807, 2.05) is 48.5 Å². The maximum atomic E-state index is 13.7. The lowest BCUT2D eigenvalue weighted by molar-refractivity contribution is -0.122. The highest BCUT2D eigenvalue weighted by Crippen LogP contribution is 2.48. The fourth-order valence-corrected chi connectivity index (χ4v) is 5.87. The Morgan fingerprint density at radius 3 is 2.47 bits per heavy atom. The zero-order valence-electron chi connectivity index (χ0n) is 21.1. The number of ether oxygens (including phenoxy) is 2. The Labute approximate surface area is 221 Å². The van der Waals surface area contributed by atoms with Crippen LogP contribution in [0.25, 0.3) is 0 Å². The molecule has 0 spiro atoms. The zero-order valence-corrected chi connectivity index (χ0v) is 21.1. The molecule has 7 heteroatoms. The molecule has 3 aromatic carbocycles. The van der Waals surface area contributed by atoms with Gasteiger partial charge in [-0.05, 0) is 73.2 Å². The maximum absolute atomic E-state index is 13.7. The van der Waals surface area contributed by atoms with Crippen LogP contribution < -0.4 is 15.0 Å². The number of carbonyl (C=O) groups is 3. The third-order valence-electron chi connectivity index (χ3n) is 7.59. The molecule has 38 heavy (non-hydrogen) atoms. The summed E-state index contributed by atoms with van der Waals surface area (Å²) in [6.45, 7) is 2.35. The lowest BCUT2D eigenvalue weighted by atomic mass is 9.71. The molecule has 0 unspecified atom stereocenters. The molecule has 7 nitrogen and oxygen atoms in total. The van der Waals surface area contributed by atoms with Gasteiger partial charge in [-0.2, -0.15) is 0 Å². The van der Waals surface area contributed by atoms with E-state index >= 15 is 0 Å². The van der Waals surface area contributed by atoms with Crippen molar-refractivity contribution >= 4 is 34.8 Å². The van der Waals surface area contributed by atoms with Gasteiger partial charge in [0.1, 0.15) is 12.4 Å². The quantitative estimate of drug-likeness (QED) is 0.286. The largest absolute Gasteiger partial charge is 0.487 e. The van der Waals surface area contributed by atoms with Crippen LogP contribution in [-0.4, -0.2) is 31.0 Å². The summed E-state index contributed by atoms with van der Waals surface area (Å²) in [5.74, 6) is -1.20. The Kier molecular flexibility index (Phi) is 6.19. The average Bonchev–Trinajstić information content (AvgIpc) is 3.07. The monoisotopic (exact) mass is 508 g/mol. The third-order valence-corrected chi connectivity index (χ3v) is 7.59. The minimum Gasteiger partial charge on any atom is -0.487 e. The minimum atomic E-state index is -0.478. The summed E-state index contributed by atoms with van der Waals surface area (Å²) in [7, 11) is 0. The van der Waals surface area contributed by atoms with Crippen LogP contribution in [0.2, 0.25) is 0 Å². The van der Waals surface area contributed by atoms with Crippen LogP contribution in [0, 0.1) is 17.8 Å². The summed E-state index contributed by atoms with van der Waals surface area (Å²) >= 11 is 0. The topological polar surface area (TPSA) is 84.9 Å². The van der Waals surface area contributed by atoms with Crippen LogP contribution in [0.5, 0.6) is 5.75 Å². The summed E-state index contributed by atoms with van der Waals surface area (Å²) < 4.78 is 11.6. The summed E-state index contributed by atoms with van der Waals surface area (Å²) in [6, 6.07) is 22.3. The van der Waals surface area contributed by atoms with Gasteiger partial charge in [0.25, 0.3) is 0 Å². The molecule has 0 radical (unpaired) electrons. The van der Waals surface area contributed by atoms with Gasteiger partial charge in [-0.25, -0.2) is 4.79 Å². The van der Waals surface area contributed by atoms with Crippen LogP contribution in [0.15, 0.2) is 84.4 Å². The number of nitrogens with zero attached hydrogens (tertiary/aromatic N) is 1. The molecule has 1 N–H and O–H groups in total. The van der Waals surface area contributed by atoms with Crippen LogP contribution >= 0.6 is 0 Å². The van der Waals surface area contributed by atoms with Gasteiger partial charge in [0.05, 0.1) is 35.4 Å². The second kappa shape index (κ2) is 9.82. The fraction of sp³-hybridized carbons (Fsp3) is 0.258. The summed E-state index contributed by atoms with van der Waals surface area (Å²) in [5, 5.41) is 3.39. The number of anilines is 3. The average molecular weight is 509 g/mol. The van der Waals surface area contributed by atoms with Gasteiger partial charge in [-0.3, -0.25) is 14.5 Å². The van der Waals surface area contributed by atoms with Gasteiger partial charge < -0.3 is 14.8 Å². The number of carbonyl (C=O) groups excluding carboxylic acids is 3. The first-order valence-electron chi connectivity index (χ1n) is 13.0. The number of esters is 1. The Morgan fingerprint density at radius 2 is 1.74 bits per heavy atom. The molecular formula is C31H28N2O5. The molecule has 6 rings (SSSR count). The first kappa shape index (κ1) is 24.0. The van der Waals surface area contributed by atoms with E-state index in [4.69, 9.17) is 9.47 Å². The molecule has 1 fully saturated rings. The number of rotatable bonds is 5.